The first-order chi connectivity index (χ1) is 12.6. The molecule has 2 amide bonds. The number of piperidine rings is 1. The van der Waals surface area contributed by atoms with E-state index in [9.17, 15) is 9.59 Å². The van der Waals surface area contributed by atoms with Crippen molar-refractivity contribution in [3.63, 3.8) is 0 Å². The van der Waals surface area contributed by atoms with E-state index in [0.717, 1.165) is 42.3 Å². The quantitative estimate of drug-likeness (QED) is 0.925. The Morgan fingerprint density at radius 1 is 1.23 bits per heavy atom. The molecule has 2 aliphatic rings. The molecule has 1 fully saturated rings. The van der Waals surface area contributed by atoms with E-state index in [1.54, 1.807) is 11.0 Å². The van der Waals surface area contributed by atoms with E-state index >= 15 is 0 Å². The summed E-state index contributed by atoms with van der Waals surface area (Å²) < 4.78 is 0. The lowest BCUT2D eigenvalue weighted by atomic mass is 9.70. The lowest BCUT2D eigenvalue weighted by molar-refractivity contribution is -0.132. The van der Waals surface area contributed by atoms with Crippen molar-refractivity contribution in [1.29, 1.82) is 0 Å². The monoisotopic (exact) mass is 349 g/mol. The van der Waals surface area contributed by atoms with Crippen molar-refractivity contribution in [2.45, 2.75) is 32.1 Å². The van der Waals surface area contributed by atoms with Crippen molar-refractivity contribution in [2.75, 3.05) is 13.6 Å². The number of nitrogens with zero attached hydrogens (tertiary/aromatic N) is 2. The predicted molar refractivity (Wildman–Crippen MR) is 100 cm³/mol. The molecule has 5 nitrogen and oxygen atoms in total. The van der Waals surface area contributed by atoms with Gasteiger partial charge in [-0.05, 0) is 37.8 Å². The third-order valence-corrected chi connectivity index (χ3v) is 5.71. The van der Waals surface area contributed by atoms with Crippen molar-refractivity contribution in [3.8, 4) is 0 Å². The first-order valence-electron chi connectivity index (χ1n) is 9.20. The number of fused-ring (bicyclic) bond motifs is 2. The van der Waals surface area contributed by atoms with Crippen molar-refractivity contribution >= 4 is 22.7 Å². The molecule has 1 aromatic heterocycles. The summed E-state index contributed by atoms with van der Waals surface area (Å²) in [6.45, 7) is 0.545. The van der Waals surface area contributed by atoms with Crippen LogP contribution in [0.3, 0.4) is 0 Å². The van der Waals surface area contributed by atoms with Gasteiger partial charge in [-0.3, -0.25) is 9.59 Å². The van der Waals surface area contributed by atoms with Crippen LogP contribution in [0.4, 0.5) is 0 Å². The Morgan fingerprint density at radius 3 is 2.96 bits per heavy atom. The van der Waals surface area contributed by atoms with Gasteiger partial charge in [0.25, 0.3) is 5.91 Å². The molecule has 1 N–H and O–H groups in total. The van der Waals surface area contributed by atoms with E-state index in [1.807, 2.05) is 37.4 Å². The zero-order valence-electron chi connectivity index (χ0n) is 15.0. The number of likely N-dealkylation sites (tertiary alicyclic amines) is 1. The van der Waals surface area contributed by atoms with Crippen molar-refractivity contribution in [1.82, 2.24) is 15.2 Å². The number of benzene rings is 1. The zero-order chi connectivity index (χ0) is 18.1. The van der Waals surface area contributed by atoms with Crippen molar-refractivity contribution in [2.24, 2.45) is 5.41 Å². The first-order valence-corrected chi connectivity index (χ1v) is 9.20. The molecule has 0 radical (unpaired) electrons. The van der Waals surface area contributed by atoms with Gasteiger partial charge in [0.1, 0.15) is 5.69 Å². The van der Waals surface area contributed by atoms with E-state index in [-0.39, 0.29) is 17.2 Å². The summed E-state index contributed by atoms with van der Waals surface area (Å²) in [5, 5.41) is 4.10. The standard InChI is InChI=1S/C21H23N3O2/c1-24-18-8-4-5-12-21(18,13-11-19(24)25)14-22-20(26)17-10-9-15-6-2-3-7-16(15)23-17/h2-3,6-10H,4-5,11-14H2,1H3,(H,22,26). The Labute approximate surface area is 153 Å². The van der Waals surface area contributed by atoms with Crippen LogP contribution in [0.15, 0.2) is 48.2 Å². The fourth-order valence-corrected chi connectivity index (χ4v) is 4.22. The highest BCUT2D eigenvalue weighted by atomic mass is 16.2. The maximum atomic E-state index is 12.7. The number of nitrogens with one attached hydrogen (secondary N) is 1. The summed E-state index contributed by atoms with van der Waals surface area (Å²) in [5.41, 5.74) is 2.20. The molecule has 1 aliphatic heterocycles. The van der Waals surface area contributed by atoms with E-state index in [2.05, 4.69) is 16.4 Å². The molecule has 1 unspecified atom stereocenters. The summed E-state index contributed by atoms with van der Waals surface area (Å²) >= 11 is 0. The highest BCUT2D eigenvalue weighted by molar-refractivity contribution is 5.95. The van der Waals surface area contributed by atoms with Crippen molar-refractivity contribution in [3.05, 3.63) is 53.9 Å². The van der Waals surface area contributed by atoms with Crippen LogP contribution in [-0.4, -0.2) is 35.3 Å². The first kappa shape index (κ1) is 16.8. The second-order valence-corrected chi connectivity index (χ2v) is 7.29. The molecule has 4 rings (SSSR count). The molecule has 5 heteroatoms. The Balaban J connectivity index is 1.53. The largest absolute Gasteiger partial charge is 0.350 e. The van der Waals surface area contributed by atoms with Crippen LogP contribution >= 0.6 is 0 Å². The van der Waals surface area contributed by atoms with Gasteiger partial charge in [0.2, 0.25) is 5.91 Å². The molecule has 2 aromatic rings. The maximum Gasteiger partial charge on any atom is 0.269 e. The summed E-state index contributed by atoms with van der Waals surface area (Å²) in [6.07, 6.45) is 6.60. The Hall–Kier alpha value is -2.69. The minimum atomic E-state index is -0.158. The van der Waals surface area contributed by atoms with Gasteiger partial charge >= 0.3 is 0 Å². The van der Waals surface area contributed by atoms with Crippen LogP contribution in [0.2, 0.25) is 0 Å². The fraction of sp³-hybridized carbons (Fsp3) is 0.381. The Bertz CT molecular complexity index is 905. The van der Waals surface area contributed by atoms with Crippen LogP contribution in [-0.2, 0) is 4.79 Å². The molecule has 2 heterocycles. The molecular formula is C21H23N3O2. The van der Waals surface area contributed by atoms with Crippen LogP contribution in [0.25, 0.3) is 10.9 Å². The van der Waals surface area contributed by atoms with Gasteiger partial charge in [-0.25, -0.2) is 4.98 Å². The third kappa shape index (κ3) is 2.87. The minimum absolute atomic E-state index is 0.132. The summed E-state index contributed by atoms with van der Waals surface area (Å²) in [4.78, 5) is 31.0. The molecule has 134 valence electrons. The summed E-state index contributed by atoms with van der Waals surface area (Å²) in [7, 11) is 1.85. The van der Waals surface area contributed by atoms with Gasteiger partial charge in [-0.2, -0.15) is 0 Å². The van der Waals surface area contributed by atoms with Crippen molar-refractivity contribution < 1.29 is 9.59 Å². The van der Waals surface area contributed by atoms with Crippen LogP contribution in [0.5, 0.6) is 0 Å². The van der Waals surface area contributed by atoms with Gasteiger partial charge in [0, 0.05) is 36.5 Å². The topological polar surface area (TPSA) is 62.3 Å². The van der Waals surface area contributed by atoms with Gasteiger partial charge in [-0.15, -0.1) is 0 Å². The second kappa shape index (κ2) is 6.56. The molecule has 0 bridgehead atoms. The summed E-state index contributed by atoms with van der Waals surface area (Å²) in [6, 6.07) is 11.5. The van der Waals surface area contributed by atoms with Crippen LogP contribution < -0.4 is 5.32 Å². The average Bonchev–Trinajstić information content (AvgIpc) is 2.69. The SMILES string of the molecule is CN1C(=O)CCC2(CNC(=O)c3ccc4ccccc4n3)CCCC=C12. The smallest absolute Gasteiger partial charge is 0.269 e. The highest BCUT2D eigenvalue weighted by Gasteiger charge is 2.43. The molecule has 1 saturated heterocycles. The molecule has 0 saturated carbocycles. The number of aromatic nitrogens is 1. The fourth-order valence-electron chi connectivity index (χ4n) is 4.22. The maximum absolute atomic E-state index is 12.7. The third-order valence-electron chi connectivity index (χ3n) is 5.71. The number of pyridine rings is 1. The number of hydrogen-bond donors (Lipinski definition) is 1. The van der Waals surface area contributed by atoms with E-state index in [1.165, 1.54) is 0 Å². The summed E-state index contributed by atoms with van der Waals surface area (Å²) in [5.74, 6) is 0.00546. The zero-order valence-corrected chi connectivity index (χ0v) is 15.0. The number of para-hydroxylation sites is 1. The lowest BCUT2D eigenvalue weighted by Gasteiger charge is -2.46. The van der Waals surface area contributed by atoms with E-state index < -0.39 is 0 Å². The number of carbonyl (C=O) groups is 2. The van der Waals surface area contributed by atoms with Gasteiger partial charge < -0.3 is 10.2 Å². The Morgan fingerprint density at radius 2 is 2.08 bits per heavy atom. The second-order valence-electron chi connectivity index (χ2n) is 7.29. The van der Waals surface area contributed by atoms with Crippen LogP contribution in [0.1, 0.15) is 42.6 Å². The number of rotatable bonds is 3. The molecule has 26 heavy (non-hydrogen) atoms. The predicted octanol–water partition coefficient (Wildman–Crippen LogP) is 3.27. The average molecular weight is 349 g/mol. The molecule has 0 spiro atoms. The molecule has 1 atom stereocenters. The van der Waals surface area contributed by atoms with Gasteiger partial charge in [-0.1, -0.05) is 30.3 Å². The molecular weight excluding hydrogens is 326 g/mol. The number of amides is 2. The molecule has 1 aromatic carbocycles. The minimum Gasteiger partial charge on any atom is -0.350 e. The van der Waals surface area contributed by atoms with E-state index in [0.29, 0.717) is 18.7 Å². The van der Waals surface area contributed by atoms with Gasteiger partial charge in [0.05, 0.1) is 5.52 Å². The normalized spacial score (nSPS) is 22.7. The number of allylic oxidation sites excluding steroid dienone is 1. The van der Waals surface area contributed by atoms with Gasteiger partial charge in [0.15, 0.2) is 0 Å². The Kier molecular flexibility index (Phi) is 4.23. The van der Waals surface area contributed by atoms with Crippen LogP contribution in [0, 0.1) is 5.41 Å². The number of hydrogen-bond acceptors (Lipinski definition) is 3. The van der Waals surface area contributed by atoms with E-state index in [4.69, 9.17) is 0 Å². The highest BCUT2D eigenvalue weighted by Crippen LogP contribution is 2.45. The number of carbonyl (C=O) groups excluding carboxylic acids is 2. The lowest BCUT2D eigenvalue weighted by Crippen LogP contribution is -2.49. The molecule has 1 aliphatic carbocycles.